The van der Waals surface area contributed by atoms with Crippen LogP contribution in [0.2, 0.25) is 15.1 Å². The van der Waals surface area contributed by atoms with Gasteiger partial charge in [-0.3, -0.25) is 9.59 Å². The second-order valence-electron chi connectivity index (χ2n) is 12.9. The van der Waals surface area contributed by atoms with Gasteiger partial charge in [-0.2, -0.15) is 13.2 Å². The number of ether oxygens (including phenoxy) is 4. The van der Waals surface area contributed by atoms with Crippen LogP contribution in [0.3, 0.4) is 0 Å². The normalized spacial score (nSPS) is 16.0. The van der Waals surface area contributed by atoms with Crippen molar-refractivity contribution in [3.63, 3.8) is 0 Å². The first-order valence-electron chi connectivity index (χ1n) is 17.1. The molecule has 1 saturated carbocycles. The van der Waals surface area contributed by atoms with Crippen LogP contribution in [0.15, 0.2) is 60.2 Å². The average molecular weight is 799 g/mol. The summed E-state index contributed by atoms with van der Waals surface area (Å²) in [5, 5.41) is 6.99. The molecule has 0 spiro atoms. The summed E-state index contributed by atoms with van der Waals surface area (Å²) in [4.78, 5) is 28.2. The maximum absolute atomic E-state index is 14.7. The quantitative estimate of drug-likeness (QED) is 0.106. The van der Waals surface area contributed by atoms with Gasteiger partial charge in [0.15, 0.2) is 5.75 Å². The molecule has 1 heterocycles. The van der Waals surface area contributed by atoms with Crippen molar-refractivity contribution in [3.05, 3.63) is 97.5 Å². The largest absolute Gasteiger partial charge is 0.490 e. The lowest BCUT2D eigenvalue weighted by Gasteiger charge is -2.33. The van der Waals surface area contributed by atoms with Crippen molar-refractivity contribution in [2.45, 2.75) is 64.0 Å². The van der Waals surface area contributed by atoms with Crippen molar-refractivity contribution in [3.8, 4) is 11.5 Å². The van der Waals surface area contributed by atoms with Gasteiger partial charge in [0.2, 0.25) is 5.91 Å². The van der Waals surface area contributed by atoms with Crippen LogP contribution in [0.25, 0.3) is 5.57 Å². The number of hydrogen-bond donors (Lipinski definition) is 2. The number of alkyl halides is 3. The van der Waals surface area contributed by atoms with E-state index in [1.54, 1.807) is 35.2 Å². The van der Waals surface area contributed by atoms with E-state index in [-0.39, 0.29) is 51.7 Å². The molecule has 0 saturated heterocycles. The van der Waals surface area contributed by atoms with E-state index < -0.39 is 24.5 Å². The molecule has 5 rings (SSSR count). The Morgan fingerprint density at radius 2 is 1.66 bits per heavy atom. The van der Waals surface area contributed by atoms with Crippen LogP contribution in [0.1, 0.15) is 47.9 Å². The zero-order valence-electron chi connectivity index (χ0n) is 29.3. The number of rotatable bonds is 17. The van der Waals surface area contributed by atoms with E-state index in [0.717, 1.165) is 29.5 Å². The van der Waals surface area contributed by atoms with E-state index in [2.05, 4.69) is 10.6 Å². The predicted octanol–water partition coefficient (Wildman–Crippen LogP) is 7.91. The lowest BCUT2D eigenvalue weighted by Crippen LogP contribution is -2.47. The molecule has 0 radical (unpaired) electrons. The van der Waals surface area contributed by atoms with Gasteiger partial charge < -0.3 is 34.5 Å². The monoisotopic (exact) mass is 797 g/mol. The van der Waals surface area contributed by atoms with E-state index >= 15 is 0 Å². The minimum atomic E-state index is -4.60. The number of aryl methyl sites for hydroxylation is 1. The van der Waals surface area contributed by atoms with E-state index in [1.165, 1.54) is 7.11 Å². The highest BCUT2D eigenvalue weighted by atomic mass is 35.5. The van der Waals surface area contributed by atoms with Gasteiger partial charge in [0.25, 0.3) is 5.91 Å². The first kappa shape index (κ1) is 40.7. The topological polar surface area (TPSA) is 98.4 Å². The average Bonchev–Trinajstić information content (AvgIpc) is 3.95. The van der Waals surface area contributed by atoms with Gasteiger partial charge in [0, 0.05) is 36.8 Å². The third-order valence-corrected chi connectivity index (χ3v) is 9.58. The van der Waals surface area contributed by atoms with Crippen LogP contribution in [0, 0.1) is 6.92 Å². The van der Waals surface area contributed by atoms with Crippen molar-refractivity contribution in [2.24, 2.45) is 0 Å². The molecular formula is C38H41Cl3F3N3O6. The van der Waals surface area contributed by atoms with Crippen LogP contribution in [0.5, 0.6) is 11.5 Å². The van der Waals surface area contributed by atoms with Crippen molar-refractivity contribution in [1.82, 2.24) is 15.5 Å². The SMILES string of the molecule is COCOCC1NCCC(c2ccc(OCCOc3c(Cl)cc(C)cc3Cl)cc2)=C1C(=O)N(Cc1cc(CNC(=O)CC(F)(F)F)ccc1Cl)C1CC1. The van der Waals surface area contributed by atoms with Gasteiger partial charge in [0.1, 0.15) is 32.2 Å². The van der Waals surface area contributed by atoms with Gasteiger partial charge in [-0.25, -0.2) is 0 Å². The highest BCUT2D eigenvalue weighted by Crippen LogP contribution is 2.37. The number of hydrogen-bond acceptors (Lipinski definition) is 7. The fourth-order valence-corrected chi connectivity index (χ4v) is 6.95. The Morgan fingerprint density at radius 3 is 2.32 bits per heavy atom. The minimum Gasteiger partial charge on any atom is -0.490 e. The number of carbonyl (C=O) groups excluding carboxylic acids is 2. The first-order chi connectivity index (χ1) is 25.3. The summed E-state index contributed by atoms with van der Waals surface area (Å²) >= 11 is 19.2. The van der Waals surface area contributed by atoms with E-state index in [9.17, 15) is 22.8 Å². The Balaban J connectivity index is 1.33. The molecule has 15 heteroatoms. The number of carbonyl (C=O) groups is 2. The Kier molecular flexibility index (Phi) is 14.3. The molecule has 2 amide bonds. The number of halogens is 6. The Bertz CT molecular complexity index is 1760. The van der Waals surface area contributed by atoms with Crippen LogP contribution in [-0.2, 0) is 32.2 Å². The van der Waals surface area contributed by atoms with Crippen molar-refractivity contribution < 1.29 is 41.7 Å². The van der Waals surface area contributed by atoms with Gasteiger partial charge in [-0.05, 0) is 90.9 Å². The maximum atomic E-state index is 14.7. The molecule has 286 valence electrons. The number of benzene rings is 3. The Labute approximate surface area is 321 Å². The van der Waals surface area contributed by atoms with E-state index in [4.69, 9.17) is 53.8 Å². The molecule has 0 aromatic heterocycles. The molecule has 2 aliphatic rings. The maximum Gasteiger partial charge on any atom is 0.397 e. The molecule has 53 heavy (non-hydrogen) atoms. The molecule has 2 N–H and O–H groups in total. The minimum absolute atomic E-state index is 0.0207. The molecule has 3 aromatic rings. The second kappa shape index (κ2) is 18.7. The smallest absolute Gasteiger partial charge is 0.397 e. The fraction of sp³-hybridized carbons (Fsp3) is 0.421. The highest BCUT2D eigenvalue weighted by Gasteiger charge is 2.39. The van der Waals surface area contributed by atoms with Crippen LogP contribution in [-0.4, -0.2) is 75.2 Å². The molecule has 1 aliphatic carbocycles. The Morgan fingerprint density at radius 1 is 0.962 bits per heavy atom. The summed E-state index contributed by atoms with van der Waals surface area (Å²) < 4.78 is 60.5. The van der Waals surface area contributed by atoms with E-state index in [0.29, 0.717) is 56.2 Å². The van der Waals surface area contributed by atoms with Gasteiger partial charge in [-0.1, -0.05) is 59.1 Å². The van der Waals surface area contributed by atoms with Crippen molar-refractivity contribution in [2.75, 3.05) is 40.3 Å². The highest BCUT2D eigenvalue weighted by molar-refractivity contribution is 6.37. The number of nitrogens with one attached hydrogen (secondary N) is 2. The number of methoxy groups -OCH3 is 1. The first-order valence-corrected chi connectivity index (χ1v) is 18.2. The van der Waals surface area contributed by atoms with Crippen LogP contribution >= 0.6 is 34.8 Å². The summed E-state index contributed by atoms with van der Waals surface area (Å²) in [5.41, 5.74) is 4.40. The molecule has 3 aromatic carbocycles. The Hall–Kier alpha value is -3.52. The summed E-state index contributed by atoms with van der Waals surface area (Å²) in [6.07, 6.45) is -3.96. The molecule has 9 nitrogen and oxygen atoms in total. The summed E-state index contributed by atoms with van der Waals surface area (Å²) in [6, 6.07) is 15.6. The lowest BCUT2D eigenvalue weighted by atomic mass is 9.88. The number of amides is 2. The zero-order chi connectivity index (χ0) is 38.1. The summed E-state index contributed by atoms with van der Waals surface area (Å²) in [7, 11) is 1.53. The molecular weight excluding hydrogens is 758 g/mol. The van der Waals surface area contributed by atoms with Crippen molar-refractivity contribution >= 4 is 52.2 Å². The molecule has 1 fully saturated rings. The van der Waals surface area contributed by atoms with E-state index in [1.807, 2.05) is 31.2 Å². The van der Waals surface area contributed by atoms with Crippen molar-refractivity contribution in [1.29, 1.82) is 0 Å². The number of nitrogens with zero attached hydrogens (tertiary/aromatic N) is 1. The zero-order valence-corrected chi connectivity index (χ0v) is 31.6. The van der Waals surface area contributed by atoms with Crippen LogP contribution < -0.4 is 20.1 Å². The van der Waals surface area contributed by atoms with Gasteiger partial charge in [0.05, 0.1) is 22.7 Å². The molecule has 1 unspecified atom stereocenters. The fourth-order valence-electron chi connectivity index (χ4n) is 6.06. The molecule has 1 atom stereocenters. The summed E-state index contributed by atoms with van der Waals surface area (Å²) in [5.74, 6) is -0.283. The van der Waals surface area contributed by atoms with Crippen LogP contribution in [0.4, 0.5) is 13.2 Å². The summed E-state index contributed by atoms with van der Waals surface area (Å²) in [6.45, 7) is 3.28. The third-order valence-electron chi connectivity index (χ3n) is 8.65. The predicted molar refractivity (Wildman–Crippen MR) is 197 cm³/mol. The van der Waals surface area contributed by atoms with Gasteiger partial charge in [-0.15, -0.1) is 0 Å². The second-order valence-corrected chi connectivity index (χ2v) is 14.1. The molecule has 1 aliphatic heterocycles. The standard InChI is InChI=1S/C38H41Cl3F3N3O6/c1-23-15-31(40)36(32(41)16-23)53-14-13-52-28-8-4-25(5-9-28)29-11-12-45-33(21-51-22-50-2)35(29)37(49)47(27-6-7-27)20-26-17-24(3-10-30(26)39)19-46-34(48)18-38(42,43)44/h3-5,8-10,15-17,27,33,45H,6-7,11-14,18-22H2,1-2H3,(H,46,48). The van der Waals surface area contributed by atoms with Gasteiger partial charge >= 0.3 is 6.18 Å². The lowest BCUT2D eigenvalue weighted by molar-refractivity contribution is -0.153. The third kappa shape index (κ3) is 11.7. The molecule has 0 bridgehead atoms.